The molecule has 2 atom stereocenters. The van der Waals surface area contributed by atoms with Gasteiger partial charge in [0.1, 0.15) is 12.2 Å². The SMILES string of the molecule is CC(C)(C)OC(=O)NC1C2CCC1CN(C(=O)OCc1ccccc1)C2. The van der Waals surface area contributed by atoms with Gasteiger partial charge in [-0.05, 0) is 51.0 Å². The molecule has 2 bridgehead atoms. The quantitative estimate of drug-likeness (QED) is 0.895. The summed E-state index contributed by atoms with van der Waals surface area (Å²) in [6, 6.07) is 9.74. The lowest BCUT2D eigenvalue weighted by atomic mass is 9.92. The third-order valence-corrected chi connectivity index (χ3v) is 4.98. The van der Waals surface area contributed by atoms with Gasteiger partial charge in [-0.15, -0.1) is 0 Å². The van der Waals surface area contributed by atoms with Crippen molar-refractivity contribution in [2.45, 2.75) is 51.9 Å². The minimum Gasteiger partial charge on any atom is -0.445 e. The number of ether oxygens (including phenoxy) is 2. The van der Waals surface area contributed by atoms with E-state index in [4.69, 9.17) is 9.47 Å². The summed E-state index contributed by atoms with van der Waals surface area (Å²) in [5.41, 5.74) is 0.468. The molecule has 0 aromatic heterocycles. The Morgan fingerprint density at radius 1 is 1.12 bits per heavy atom. The second-order valence-corrected chi connectivity index (χ2v) is 8.21. The molecular formula is C20H28N2O4. The van der Waals surface area contributed by atoms with E-state index in [9.17, 15) is 9.59 Å². The van der Waals surface area contributed by atoms with Crippen LogP contribution < -0.4 is 5.32 Å². The lowest BCUT2D eigenvalue weighted by Crippen LogP contribution is -2.54. The second kappa shape index (κ2) is 7.56. The number of carbonyl (C=O) groups excluding carboxylic acids is 2. The number of nitrogens with one attached hydrogen (secondary N) is 1. The summed E-state index contributed by atoms with van der Waals surface area (Å²) in [7, 11) is 0. The number of amides is 2. The van der Waals surface area contributed by atoms with Gasteiger partial charge in [-0.25, -0.2) is 9.59 Å². The van der Waals surface area contributed by atoms with E-state index in [1.165, 1.54) is 0 Å². The molecule has 0 radical (unpaired) electrons. The molecule has 0 spiro atoms. The van der Waals surface area contributed by atoms with Crippen molar-refractivity contribution < 1.29 is 19.1 Å². The summed E-state index contributed by atoms with van der Waals surface area (Å²) in [5.74, 6) is 0.510. The highest BCUT2D eigenvalue weighted by Crippen LogP contribution is 2.37. The molecule has 1 aromatic carbocycles. The minimum absolute atomic E-state index is 0.0722. The van der Waals surface area contributed by atoms with Crippen LogP contribution in [0, 0.1) is 11.8 Å². The summed E-state index contributed by atoms with van der Waals surface area (Å²) in [5, 5.41) is 3.01. The average molecular weight is 360 g/mol. The molecular weight excluding hydrogens is 332 g/mol. The largest absolute Gasteiger partial charge is 0.445 e. The third kappa shape index (κ3) is 4.68. The molecule has 2 amide bonds. The Bertz CT molecular complexity index is 627. The van der Waals surface area contributed by atoms with Crippen molar-refractivity contribution in [1.29, 1.82) is 0 Å². The molecule has 2 unspecified atom stereocenters. The number of hydrogen-bond donors (Lipinski definition) is 1. The van der Waals surface area contributed by atoms with E-state index in [2.05, 4.69) is 5.32 Å². The van der Waals surface area contributed by atoms with Crippen LogP contribution in [0.15, 0.2) is 30.3 Å². The lowest BCUT2D eigenvalue weighted by Gasteiger charge is -2.37. The van der Waals surface area contributed by atoms with Gasteiger partial charge in [-0.3, -0.25) is 0 Å². The van der Waals surface area contributed by atoms with Gasteiger partial charge in [0.05, 0.1) is 0 Å². The molecule has 1 saturated carbocycles. The van der Waals surface area contributed by atoms with Gasteiger partial charge in [0.15, 0.2) is 0 Å². The van der Waals surface area contributed by atoms with Gasteiger partial charge in [0.25, 0.3) is 0 Å². The number of hydrogen-bond acceptors (Lipinski definition) is 4. The molecule has 6 heteroatoms. The summed E-state index contributed by atoms with van der Waals surface area (Å²) in [4.78, 5) is 26.3. The van der Waals surface area contributed by atoms with Crippen molar-refractivity contribution in [3.8, 4) is 0 Å². The van der Waals surface area contributed by atoms with Crippen LogP contribution in [0.25, 0.3) is 0 Å². The van der Waals surface area contributed by atoms with E-state index >= 15 is 0 Å². The van der Waals surface area contributed by atoms with Gasteiger partial charge in [0, 0.05) is 19.1 Å². The van der Waals surface area contributed by atoms with E-state index in [-0.39, 0.29) is 36.7 Å². The Morgan fingerprint density at radius 3 is 2.31 bits per heavy atom. The first kappa shape index (κ1) is 18.5. The van der Waals surface area contributed by atoms with E-state index in [0.29, 0.717) is 13.1 Å². The number of carbonyl (C=O) groups is 2. The number of benzene rings is 1. The molecule has 1 aromatic rings. The maximum Gasteiger partial charge on any atom is 0.410 e. The van der Waals surface area contributed by atoms with Gasteiger partial charge < -0.3 is 19.7 Å². The molecule has 1 saturated heterocycles. The Hall–Kier alpha value is -2.24. The molecule has 1 aliphatic carbocycles. The maximum atomic E-state index is 12.4. The van der Waals surface area contributed by atoms with Crippen LogP contribution in [0.3, 0.4) is 0 Å². The number of nitrogens with zero attached hydrogens (tertiary/aromatic N) is 1. The fraction of sp³-hybridized carbons (Fsp3) is 0.600. The van der Waals surface area contributed by atoms with Crippen LogP contribution in [0.1, 0.15) is 39.2 Å². The zero-order valence-corrected chi connectivity index (χ0v) is 15.7. The summed E-state index contributed by atoms with van der Waals surface area (Å²) in [6.07, 6.45) is 1.36. The van der Waals surface area contributed by atoms with E-state index in [0.717, 1.165) is 18.4 Å². The molecule has 2 aliphatic rings. The standard InChI is InChI=1S/C20H28N2O4/c1-20(2,3)26-18(23)21-17-15-9-10-16(17)12-22(11-15)19(24)25-13-14-7-5-4-6-8-14/h4-8,15-17H,9-13H2,1-3H3,(H,21,23). The average Bonchev–Trinajstić information content (AvgIpc) is 2.80. The Morgan fingerprint density at radius 2 is 1.73 bits per heavy atom. The van der Waals surface area contributed by atoms with Crippen LogP contribution >= 0.6 is 0 Å². The summed E-state index contributed by atoms with van der Waals surface area (Å²) in [6.45, 7) is 7.08. The molecule has 142 valence electrons. The first-order valence-corrected chi connectivity index (χ1v) is 9.27. The van der Waals surface area contributed by atoms with Gasteiger partial charge >= 0.3 is 12.2 Å². The van der Waals surface area contributed by atoms with Crippen LogP contribution in [0.4, 0.5) is 9.59 Å². The number of fused-ring (bicyclic) bond motifs is 2. The first-order chi connectivity index (χ1) is 12.3. The zero-order chi connectivity index (χ0) is 18.7. The van der Waals surface area contributed by atoms with Gasteiger partial charge in [-0.2, -0.15) is 0 Å². The molecule has 6 nitrogen and oxygen atoms in total. The maximum absolute atomic E-state index is 12.4. The summed E-state index contributed by atoms with van der Waals surface area (Å²) < 4.78 is 10.8. The number of alkyl carbamates (subject to hydrolysis) is 1. The topological polar surface area (TPSA) is 67.9 Å². The van der Waals surface area contributed by atoms with Crippen molar-refractivity contribution >= 4 is 12.2 Å². The predicted molar refractivity (Wildman–Crippen MR) is 97.6 cm³/mol. The Kier molecular flexibility index (Phi) is 5.39. The van der Waals surface area contributed by atoms with Crippen molar-refractivity contribution in [2.24, 2.45) is 11.8 Å². The van der Waals surface area contributed by atoms with Crippen LogP contribution in [0.2, 0.25) is 0 Å². The molecule has 26 heavy (non-hydrogen) atoms. The van der Waals surface area contributed by atoms with E-state index < -0.39 is 5.60 Å². The fourth-order valence-electron chi connectivity index (χ4n) is 3.86. The van der Waals surface area contributed by atoms with Crippen LogP contribution in [0.5, 0.6) is 0 Å². The first-order valence-electron chi connectivity index (χ1n) is 9.27. The van der Waals surface area contributed by atoms with Crippen molar-refractivity contribution in [3.63, 3.8) is 0 Å². The third-order valence-electron chi connectivity index (χ3n) is 4.98. The Balaban J connectivity index is 1.51. The van der Waals surface area contributed by atoms with Crippen molar-refractivity contribution in [3.05, 3.63) is 35.9 Å². The van der Waals surface area contributed by atoms with Gasteiger partial charge in [0.2, 0.25) is 0 Å². The predicted octanol–water partition coefficient (Wildman–Crippen LogP) is 3.56. The highest BCUT2D eigenvalue weighted by molar-refractivity contribution is 5.69. The van der Waals surface area contributed by atoms with E-state index in [1.54, 1.807) is 4.90 Å². The molecule has 1 N–H and O–H groups in total. The number of likely N-dealkylation sites (tertiary alicyclic amines) is 1. The minimum atomic E-state index is -0.509. The summed E-state index contributed by atoms with van der Waals surface area (Å²) >= 11 is 0. The molecule has 3 rings (SSSR count). The molecule has 1 aliphatic heterocycles. The Labute approximate surface area is 154 Å². The lowest BCUT2D eigenvalue weighted by molar-refractivity contribution is 0.0395. The monoisotopic (exact) mass is 360 g/mol. The van der Waals surface area contributed by atoms with Gasteiger partial charge in [-0.1, -0.05) is 30.3 Å². The van der Waals surface area contributed by atoms with Crippen molar-refractivity contribution in [2.75, 3.05) is 13.1 Å². The molecule has 1 heterocycles. The van der Waals surface area contributed by atoms with E-state index in [1.807, 2.05) is 51.1 Å². The highest BCUT2D eigenvalue weighted by atomic mass is 16.6. The number of piperidine rings is 1. The number of rotatable bonds is 3. The van der Waals surface area contributed by atoms with Crippen molar-refractivity contribution in [1.82, 2.24) is 10.2 Å². The molecule has 2 fully saturated rings. The van der Waals surface area contributed by atoms with Crippen LogP contribution in [-0.2, 0) is 16.1 Å². The zero-order valence-electron chi connectivity index (χ0n) is 15.7. The smallest absolute Gasteiger partial charge is 0.410 e. The second-order valence-electron chi connectivity index (χ2n) is 8.21. The normalized spacial score (nSPS) is 24.9. The fourth-order valence-corrected chi connectivity index (χ4v) is 3.86. The highest BCUT2D eigenvalue weighted by Gasteiger charge is 2.44. The van der Waals surface area contributed by atoms with Crippen LogP contribution in [-0.4, -0.2) is 41.8 Å².